The Balaban J connectivity index is 2.02. The van der Waals surface area contributed by atoms with Gasteiger partial charge in [-0.3, -0.25) is 4.79 Å². The van der Waals surface area contributed by atoms with E-state index < -0.39 is 0 Å². The fraction of sp³-hybridized carbons (Fsp3) is 0.929. The predicted molar refractivity (Wildman–Crippen MR) is 61.8 cm³/mol. The molecule has 2 aliphatic carbocycles. The molecule has 3 rings (SSSR count). The molecule has 90 valence electrons. The highest BCUT2D eigenvalue weighted by molar-refractivity contribution is 5.73. The molecule has 0 N–H and O–H groups in total. The van der Waals surface area contributed by atoms with E-state index in [1.54, 1.807) is 0 Å². The summed E-state index contributed by atoms with van der Waals surface area (Å²) in [6, 6.07) is 0. The first kappa shape index (κ1) is 10.6. The molecule has 0 aromatic carbocycles. The Labute approximate surface area is 97.7 Å². The zero-order valence-electron chi connectivity index (χ0n) is 10.7. The number of carbonyl (C=O) groups is 1. The molecule has 1 saturated heterocycles. The number of rotatable bonds is 1. The lowest BCUT2D eigenvalue weighted by Crippen LogP contribution is -2.47. The predicted octanol–water partition coefficient (Wildman–Crippen LogP) is 3.01. The zero-order valence-corrected chi connectivity index (χ0v) is 10.7. The van der Waals surface area contributed by atoms with Crippen LogP contribution in [-0.4, -0.2) is 11.6 Å². The maximum atomic E-state index is 11.5. The molecule has 3 fully saturated rings. The van der Waals surface area contributed by atoms with Crippen molar-refractivity contribution >= 4 is 5.97 Å². The molecular formula is C14H22O2. The first-order valence-corrected chi connectivity index (χ1v) is 6.67. The lowest BCUT2D eigenvalue weighted by atomic mass is 9.65. The Morgan fingerprint density at radius 3 is 2.56 bits per heavy atom. The second-order valence-corrected chi connectivity index (χ2v) is 6.56. The van der Waals surface area contributed by atoms with Crippen LogP contribution in [0, 0.1) is 29.1 Å². The van der Waals surface area contributed by atoms with Crippen molar-refractivity contribution in [1.82, 2.24) is 0 Å². The quantitative estimate of drug-likeness (QED) is 0.637. The van der Waals surface area contributed by atoms with Gasteiger partial charge in [-0.2, -0.15) is 0 Å². The maximum Gasteiger partial charge on any atom is 0.306 e. The average molecular weight is 222 g/mol. The molecule has 0 radical (unpaired) electrons. The van der Waals surface area contributed by atoms with Crippen molar-refractivity contribution in [3.05, 3.63) is 0 Å². The van der Waals surface area contributed by atoms with Gasteiger partial charge in [0.1, 0.15) is 5.60 Å². The van der Waals surface area contributed by atoms with Gasteiger partial charge in [-0.25, -0.2) is 0 Å². The van der Waals surface area contributed by atoms with Gasteiger partial charge in [0, 0.05) is 17.8 Å². The SMILES string of the molecule is CCC1C2C(C)C2C2(CCC(=O)O2)C1(C)C. The molecule has 2 saturated carbocycles. The molecule has 2 heteroatoms. The van der Waals surface area contributed by atoms with Gasteiger partial charge in [-0.05, 0) is 24.2 Å². The number of hydrogen-bond donors (Lipinski definition) is 0. The van der Waals surface area contributed by atoms with Gasteiger partial charge in [0.25, 0.3) is 0 Å². The molecule has 0 aromatic rings. The fourth-order valence-corrected chi connectivity index (χ4v) is 5.13. The molecule has 1 spiro atoms. The minimum Gasteiger partial charge on any atom is -0.458 e. The lowest BCUT2D eigenvalue weighted by Gasteiger charge is -2.44. The minimum atomic E-state index is -0.116. The molecule has 0 amide bonds. The summed E-state index contributed by atoms with van der Waals surface area (Å²) in [5.74, 6) is 3.00. The molecule has 2 nitrogen and oxygen atoms in total. The monoisotopic (exact) mass is 222 g/mol. The molecule has 1 heterocycles. The van der Waals surface area contributed by atoms with Crippen molar-refractivity contribution in [1.29, 1.82) is 0 Å². The van der Waals surface area contributed by atoms with E-state index in [4.69, 9.17) is 4.74 Å². The van der Waals surface area contributed by atoms with Gasteiger partial charge in [0.15, 0.2) is 0 Å². The van der Waals surface area contributed by atoms with E-state index in [0.717, 1.165) is 24.2 Å². The number of esters is 1. The molecule has 0 bridgehead atoms. The van der Waals surface area contributed by atoms with Crippen LogP contribution in [0.2, 0.25) is 0 Å². The van der Waals surface area contributed by atoms with E-state index in [-0.39, 0.29) is 17.0 Å². The van der Waals surface area contributed by atoms with Gasteiger partial charge in [-0.15, -0.1) is 0 Å². The second-order valence-electron chi connectivity index (χ2n) is 6.56. The van der Waals surface area contributed by atoms with E-state index in [0.29, 0.717) is 12.3 Å². The maximum absolute atomic E-state index is 11.5. The molecule has 5 atom stereocenters. The average Bonchev–Trinajstić information content (AvgIpc) is 2.63. The summed E-state index contributed by atoms with van der Waals surface area (Å²) >= 11 is 0. The zero-order chi connectivity index (χ0) is 11.7. The highest BCUT2D eigenvalue weighted by atomic mass is 16.6. The second kappa shape index (κ2) is 2.83. The van der Waals surface area contributed by atoms with Crippen LogP contribution in [0.25, 0.3) is 0 Å². The van der Waals surface area contributed by atoms with Crippen LogP contribution in [0.4, 0.5) is 0 Å². The van der Waals surface area contributed by atoms with E-state index >= 15 is 0 Å². The summed E-state index contributed by atoms with van der Waals surface area (Å²) in [7, 11) is 0. The van der Waals surface area contributed by atoms with Crippen molar-refractivity contribution in [2.45, 2.75) is 52.6 Å². The van der Waals surface area contributed by atoms with Crippen LogP contribution in [0.1, 0.15) is 47.0 Å². The van der Waals surface area contributed by atoms with Crippen molar-refractivity contribution in [3.8, 4) is 0 Å². The smallest absolute Gasteiger partial charge is 0.306 e. The van der Waals surface area contributed by atoms with Crippen LogP contribution in [0.15, 0.2) is 0 Å². The fourth-order valence-electron chi connectivity index (χ4n) is 5.13. The number of hydrogen-bond acceptors (Lipinski definition) is 2. The van der Waals surface area contributed by atoms with Crippen LogP contribution >= 0.6 is 0 Å². The van der Waals surface area contributed by atoms with Crippen molar-refractivity contribution < 1.29 is 9.53 Å². The van der Waals surface area contributed by atoms with E-state index in [1.165, 1.54) is 6.42 Å². The molecule has 16 heavy (non-hydrogen) atoms. The Kier molecular flexibility index (Phi) is 1.88. The summed E-state index contributed by atoms with van der Waals surface area (Å²) in [5.41, 5.74) is 0.0601. The van der Waals surface area contributed by atoms with Gasteiger partial charge in [-0.1, -0.05) is 34.1 Å². The van der Waals surface area contributed by atoms with E-state index in [2.05, 4.69) is 27.7 Å². The Morgan fingerprint density at radius 1 is 1.44 bits per heavy atom. The summed E-state index contributed by atoms with van der Waals surface area (Å²) < 4.78 is 5.84. The summed E-state index contributed by atoms with van der Waals surface area (Å²) in [5, 5.41) is 0. The molecular weight excluding hydrogens is 200 g/mol. The lowest BCUT2D eigenvalue weighted by molar-refractivity contribution is -0.163. The largest absolute Gasteiger partial charge is 0.458 e. The van der Waals surface area contributed by atoms with Crippen LogP contribution in [0.5, 0.6) is 0 Å². The Bertz CT molecular complexity index is 347. The van der Waals surface area contributed by atoms with Crippen molar-refractivity contribution in [2.75, 3.05) is 0 Å². The molecule has 0 aromatic heterocycles. The van der Waals surface area contributed by atoms with Gasteiger partial charge in [0.05, 0.1) is 0 Å². The molecule has 1 aliphatic heterocycles. The number of ether oxygens (including phenoxy) is 1. The highest BCUT2D eigenvalue weighted by Crippen LogP contribution is 2.75. The van der Waals surface area contributed by atoms with Gasteiger partial charge < -0.3 is 4.74 Å². The topological polar surface area (TPSA) is 26.3 Å². The number of carbonyl (C=O) groups excluding carboxylic acids is 1. The summed E-state index contributed by atoms with van der Waals surface area (Å²) in [4.78, 5) is 11.5. The standard InChI is InChI=1S/C14H22O2/c1-5-9-11-8(2)12(11)14(13(9,3)4)7-6-10(15)16-14/h8-9,11-12H,5-7H2,1-4H3. The number of fused-ring (bicyclic) bond motifs is 2. The third-order valence-electron chi connectivity index (χ3n) is 5.90. The van der Waals surface area contributed by atoms with Crippen molar-refractivity contribution in [2.24, 2.45) is 29.1 Å². The minimum absolute atomic E-state index is 0.0303. The third-order valence-corrected chi connectivity index (χ3v) is 5.90. The van der Waals surface area contributed by atoms with E-state index in [1.807, 2.05) is 0 Å². The first-order chi connectivity index (χ1) is 7.45. The Morgan fingerprint density at radius 2 is 2.12 bits per heavy atom. The molecule has 3 aliphatic rings. The Hall–Kier alpha value is -0.530. The van der Waals surface area contributed by atoms with Crippen LogP contribution in [-0.2, 0) is 9.53 Å². The van der Waals surface area contributed by atoms with Gasteiger partial charge >= 0.3 is 5.97 Å². The highest BCUT2D eigenvalue weighted by Gasteiger charge is 2.77. The first-order valence-electron chi connectivity index (χ1n) is 6.67. The normalized spacial score (nSPS) is 52.9. The van der Waals surface area contributed by atoms with Gasteiger partial charge in [0.2, 0.25) is 0 Å². The van der Waals surface area contributed by atoms with E-state index in [9.17, 15) is 4.79 Å². The van der Waals surface area contributed by atoms with Crippen LogP contribution in [0.3, 0.4) is 0 Å². The third kappa shape index (κ3) is 0.930. The molecule has 5 unspecified atom stereocenters. The summed E-state index contributed by atoms with van der Waals surface area (Å²) in [6.45, 7) is 9.25. The summed E-state index contributed by atoms with van der Waals surface area (Å²) in [6.07, 6.45) is 2.81. The van der Waals surface area contributed by atoms with Crippen molar-refractivity contribution in [3.63, 3.8) is 0 Å². The van der Waals surface area contributed by atoms with Crippen LogP contribution < -0.4 is 0 Å².